The molecule has 0 amide bonds. The second-order valence-corrected chi connectivity index (χ2v) is 28.8. The number of carbonyl (C=O) groups is 4. The van der Waals surface area contributed by atoms with Gasteiger partial charge in [0.15, 0.2) is 12.2 Å². The SMILES string of the molecule is CC/C=C\C/C=C\C/C=C\C/C=C\CCCCCCCCC(=O)OCC(COP(=O)(O)OCC(O)COP(=O)(O)OCC(COC(=O)CCCCCC/C=C\C/C=C\C/C=C\C/C=C\CC)OC(=O)CCCCCCCCCCCCC)OC(=O)CCCCCCC/C=C\C/C=C\C/C=C\CC. The van der Waals surface area contributed by atoms with E-state index in [9.17, 15) is 43.2 Å². The molecular formula is C83H140O17P2. The highest BCUT2D eigenvalue weighted by molar-refractivity contribution is 7.47. The number of allylic oxidation sites excluding steroid dienone is 22. The molecule has 0 aliphatic carbocycles. The first-order chi connectivity index (χ1) is 49.7. The number of unbranched alkanes of at least 4 members (excludes halogenated alkanes) is 25. The molecule has 0 aromatic rings. The molecule has 0 bridgehead atoms. The molecule has 17 nitrogen and oxygen atoms in total. The second kappa shape index (κ2) is 74.5. The zero-order valence-corrected chi connectivity index (χ0v) is 65.5. The molecule has 0 fully saturated rings. The highest BCUT2D eigenvalue weighted by Crippen LogP contribution is 2.45. The second-order valence-electron chi connectivity index (χ2n) is 25.9. The van der Waals surface area contributed by atoms with Gasteiger partial charge in [0.1, 0.15) is 19.3 Å². The van der Waals surface area contributed by atoms with Crippen LogP contribution in [0.3, 0.4) is 0 Å². The molecule has 0 aromatic heterocycles. The van der Waals surface area contributed by atoms with Gasteiger partial charge in [-0.1, -0.05) is 283 Å². The van der Waals surface area contributed by atoms with Gasteiger partial charge in [-0.2, -0.15) is 0 Å². The van der Waals surface area contributed by atoms with Crippen molar-refractivity contribution in [3.05, 3.63) is 134 Å². The lowest BCUT2D eigenvalue weighted by Gasteiger charge is -2.21. The Labute approximate surface area is 618 Å². The molecule has 0 radical (unpaired) electrons. The fraction of sp³-hybridized carbons (Fsp3) is 0.687. The summed E-state index contributed by atoms with van der Waals surface area (Å²) in [6, 6.07) is 0. The van der Waals surface area contributed by atoms with Crippen molar-refractivity contribution in [2.24, 2.45) is 0 Å². The zero-order chi connectivity index (χ0) is 74.6. The minimum atomic E-state index is -4.99. The van der Waals surface area contributed by atoms with Crippen LogP contribution in [-0.2, 0) is 65.4 Å². The number of aliphatic hydroxyl groups is 1. The zero-order valence-electron chi connectivity index (χ0n) is 63.7. The fourth-order valence-electron chi connectivity index (χ4n) is 10.2. The van der Waals surface area contributed by atoms with Gasteiger partial charge in [0, 0.05) is 25.7 Å². The van der Waals surface area contributed by atoms with E-state index >= 15 is 0 Å². The lowest BCUT2D eigenvalue weighted by molar-refractivity contribution is -0.161. The van der Waals surface area contributed by atoms with Crippen molar-refractivity contribution >= 4 is 39.5 Å². The Hall–Kier alpha value is -4.80. The van der Waals surface area contributed by atoms with Gasteiger partial charge in [-0.25, -0.2) is 9.13 Å². The Bertz CT molecular complexity index is 2460. The Morgan fingerprint density at radius 1 is 0.284 bits per heavy atom. The number of esters is 4. The molecule has 0 aliphatic rings. The lowest BCUT2D eigenvalue weighted by atomic mass is 10.1. The van der Waals surface area contributed by atoms with E-state index in [4.69, 9.17) is 37.0 Å². The highest BCUT2D eigenvalue weighted by Gasteiger charge is 2.30. The van der Waals surface area contributed by atoms with Crippen LogP contribution < -0.4 is 0 Å². The average Bonchev–Trinajstić information content (AvgIpc) is 0.939. The number of hydrogen-bond acceptors (Lipinski definition) is 15. The van der Waals surface area contributed by atoms with Gasteiger partial charge < -0.3 is 33.8 Å². The van der Waals surface area contributed by atoms with Crippen LogP contribution in [0.4, 0.5) is 0 Å². The third-order valence-corrected chi connectivity index (χ3v) is 18.0. The first-order valence-corrected chi connectivity index (χ1v) is 42.4. The molecule has 0 spiro atoms. The number of aliphatic hydroxyl groups excluding tert-OH is 1. The molecule has 584 valence electrons. The van der Waals surface area contributed by atoms with E-state index in [1.807, 2.05) is 0 Å². The van der Waals surface area contributed by atoms with Gasteiger partial charge in [-0.15, -0.1) is 0 Å². The summed E-state index contributed by atoms with van der Waals surface area (Å²) in [6.07, 6.45) is 82.9. The molecule has 5 atom stereocenters. The van der Waals surface area contributed by atoms with Crippen molar-refractivity contribution in [1.29, 1.82) is 0 Å². The average molecular weight is 1470 g/mol. The third-order valence-electron chi connectivity index (χ3n) is 16.1. The van der Waals surface area contributed by atoms with Crippen molar-refractivity contribution in [3.63, 3.8) is 0 Å². The summed E-state index contributed by atoms with van der Waals surface area (Å²) in [6.45, 7) is 4.48. The monoisotopic (exact) mass is 1470 g/mol. The molecular weight excluding hydrogens is 1330 g/mol. The van der Waals surface area contributed by atoms with Crippen LogP contribution in [-0.4, -0.2) is 96.7 Å². The first-order valence-electron chi connectivity index (χ1n) is 39.4. The number of hydrogen-bond donors (Lipinski definition) is 3. The maximum atomic E-state index is 13.1. The fourth-order valence-corrected chi connectivity index (χ4v) is 11.8. The summed E-state index contributed by atoms with van der Waals surface area (Å²) in [7, 11) is -9.97. The predicted octanol–water partition coefficient (Wildman–Crippen LogP) is 22.9. The maximum absolute atomic E-state index is 13.1. The first kappa shape index (κ1) is 97.2. The minimum absolute atomic E-state index is 0.0690. The number of ether oxygens (including phenoxy) is 4. The van der Waals surface area contributed by atoms with Crippen LogP contribution in [0.5, 0.6) is 0 Å². The Balaban J connectivity index is 5.36. The normalized spacial score (nSPS) is 14.6. The summed E-state index contributed by atoms with van der Waals surface area (Å²) in [4.78, 5) is 72.9. The van der Waals surface area contributed by atoms with Crippen LogP contribution in [0.1, 0.15) is 310 Å². The summed E-state index contributed by atoms with van der Waals surface area (Å²) < 4.78 is 68.5. The smallest absolute Gasteiger partial charge is 0.462 e. The van der Waals surface area contributed by atoms with Crippen molar-refractivity contribution in [2.75, 3.05) is 39.6 Å². The van der Waals surface area contributed by atoms with Crippen LogP contribution >= 0.6 is 15.6 Å². The highest BCUT2D eigenvalue weighted by atomic mass is 31.2. The Kier molecular flexibility index (Phi) is 71.0. The number of carbonyl (C=O) groups excluding carboxylic acids is 4. The Morgan fingerprint density at radius 2 is 0.510 bits per heavy atom. The molecule has 102 heavy (non-hydrogen) atoms. The number of rotatable bonds is 73. The molecule has 0 aliphatic heterocycles. The van der Waals surface area contributed by atoms with Crippen LogP contribution in [0.15, 0.2) is 134 Å². The maximum Gasteiger partial charge on any atom is 0.472 e. The van der Waals surface area contributed by atoms with Gasteiger partial charge >= 0.3 is 39.5 Å². The quantitative estimate of drug-likeness (QED) is 0.0169. The molecule has 0 aromatic carbocycles. The van der Waals surface area contributed by atoms with Crippen molar-refractivity contribution in [3.8, 4) is 0 Å². The summed E-state index contributed by atoms with van der Waals surface area (Å²) >= 11 is 0. The van der Waals surface area contributed by atoms with E-state index in [0.717, 1.165) is 193 Å². The van der Waals surface area contributed by atoms with Gasteiger partial charge in [-0.3, -0.25) is 37.3 Å². The number of phosphoric ester groups is 2. The van der Waals surface area contributed by atoms with E-state index in [0.29, 0.717) is 25.7 Å². The van der Waals surface area contributed by atoms with Gasteiger partial charge in [-0.05, 0) is 135 Å². The molecule has 3 N–H and O–H groups in total. The molecule has 0 rings (SSSR count). The van der Waals surface area contributed by atoms with E-state index in [1.54, 1.807) is 0 Å². The molecule has 0 saturated heterocycles. The molecule has 19 heteroatoms. The van der Waals surface area contributed by atoms with Crippen LogP contribution in [0.25, 0.3) is 0 Å². The summed E-state index contributed by atoms with van der Waals surface area (Å²) in [5.74, 6) is -2.23. The van der Waals surface area contributed by atoms with Gasteiger partial charge in [0.05, 0.1) is 26.4 Å². The van der Waals surface area contributed by atoms with Crippen molar-refractivity contribution in [1.82, 2.24) is 0 Å². The minimum Gasteiger partial charge on any atom is -0.462 e. The van der Waals surface area contributed by atoms with Crippen molar-refractivity contribution in [2.45, 2.75) is 329 Å². The van der Waals surface area contributed by atoms with E-state index in [2.05, 4.69) is 161 Å². The van der Waals surface area contributed by atoms with E-state index < -0.39 is 97.5 Å². The topological polar surface area (TPSA) is 237 Å². The van der Waals surface area contributed by atoms with Gasteiger partial charge in [0.2, 0.25) is 0 Å². The number of phosphoric acid groups is 2. The molecule has 0 heterocycles. The summed E-state index contributed by atoms with van der Waals surface area (Å²) in [5.41, 5.74) is 0. The predicted molar refractivity (Wildman–Crippen MR) is 418 cm³/mol. The Morgan fingerprint density at radius 3 is 0.784 bits per heavy atom. The summed E-state index contributed by atoms with van der Waals surface area (Å²) in [5, 5.41) is 10.6. The van der Waals surface area contributed by atoms with Crippen LogP contribution in [0, 0.1) is 0 Å². The van der Waals surface area contributed by atoms with Crippen LogP contribution in [0.2, 0.25) is 0 Å². The lowest BCUT2D eigenvalue weighted by Crippen LogP contribution is -2.30. The van der Waals surface area contributed by atoms with Crippen molar-refractivity contribution < 1.29 is 80.2 Å². The molecule has 0 saturated carbocycles. The molecule has 5 unspecified atom stereocenters. The third kappa shape index (κ3) is 73.5. The van der Waals surface area contributed by atoms with Gasteiger partial charge in [0.25, 0.3) is 0 Å². The van der Waals surface area contributed by atoms with E-state index in [1.165, 1.54) is 38.5 Å². The standard InChI is InChI=1S/C83H140O17P2/c1-5-9-13-17-21-25-29-32-35-37-38-40-43-45-49-52-56-60-64-68-81(86)94-74-79(100-83(88)70-66-62-58-54-50-46-41-34-31-27-23-19-15-11-7-3)76-98-102(91,92)96-72-77(84)71-95-101(89,90)97-75-78(99-82(87)69-65-61-57-53-47-28-24-20-16-12-8-4)73-93-80(85)67-63-59-55-51-48-44-42-39-36-33-30-26-22-18-14-10-6-2/h9-11,13-15,21-23,25-27,32-36,38,40-42,44,77-79,84H,5-8,12,16-20,24,28-31,37,39,43,45-76H2,1-4H3,(H,89,90)(H,91,92)/b13-9-,14-10-,15-11-,25-21-,26-22-,27-23-,35-32-,36-33-,40-38-,41-34-,44-42-. The largest absolute Gasteiger partial charge is 0.472 e. The van der Waals surface area contributed by atoms with E-state index in [-0.39, 0.29) is 25.7 Å².